The number of amides is 2. The molecule has 2 N–H and O–H groups in total. The lowest BCUT2D eigenvalue weighted by molar-refractivity contribution is 0.252. The van der Waals surface area contributed by atoms with Crippen LogP contribution in [0.2, 0.25) is 0 Å². The SMILES string of the molecule is CC(C)CS(=O)(=O)CCNC(=O)Nc1cccc(-c2cnco2)c1. The molecule has 0 aliphatic heterocycles. The normalized spacial score (nSPS) is 11.5. The van der Waals surface area contributed by atoms with Gasteiger partial charge in [0.25, 0.3) is 0 Å². The van der Waals surface area contributed by atoms with Crippen LogP contribution in [-0.4, -0.2) is 37.5 Å². The van der Waals surface area contributed by atoms with E-state index in [1.54, 1.807) is 24.4 Å². The molecule has 0 radical (unpaired) electrons. The van der Waals surface area contributed by atoms with Crippen molar-refractivity contribution >= 4 is 21.6 Å². The van der Waals surface area contributed by atoms with Gasteiger partial charge in [0.1, 0.15) is 0 Å². The maximum Gasteiger partial charge on any atom is 0.319 e. The first kappa shape index (κ1) is 18.0. The molecule has 1 heterocycles. The predicted octanol–water partition coefficient (Wildman–Crippen LogP) is 2.53. The molecule has 0 fully saturated rings. The van der Waals surface area contributed by atoms with Crippen LogP contribution in [-0.2, 0) is 9.84 Å². The Morgan fingerprint density at radius 1 is 1.33 bits per heavy atom. The first-order chi connectivity index (χ1) is 11.4. The molecule has 7 nitrogen and oxygen atoms in total. The summed E-state index contributed by atoms with van der Waals surface area (Å²) in [4.78, 5) is 15.7. The van der Waals surface area contributed by atoms with Gasteiger partial charge in [-0.05, 0) is 18.1 Å². The summed E-state index contributed by atoms with van der Waals surface area (Å²) in [5.41, 5.74) is 1.36. The van der Waals surface area contributed by atoms with Gasteiger partial charge >= 0.3 is 6.03 Å². The Kier molecular flexibility index (Phi) is 5.97. The van der Waals surface area contributed by atoms with Crippen molar-refractivity contribution in [2.24, 2.45) is 5.92 Å². The quantitative estimate of drug-likeness (QED) is 0.798. The van der Waals surface area contributed by atoms with E-state index < -0.39 is 15.9 Å². The molecule has 2 aromatic rings. The molecule has 2 amide bonds. The molecule has 1 aromatic carbocycles. The fourth-order valence-corrected chi connectivity index (χ4v) is 3.79. The number of rotatable bonds is 7. The van der Waals surface area contributed by atoms with E-state index >= 15 is 0 Å². The van der Waals surface area contributed by atoms with Crippen LogP contribution in [0, 0.1) is 5.92 Å². The summed E-state index contributed by atoms with van der Waals surface area (Å²) in [5, 5.41) is 5.21. The highest BCUT2D eigenvalue weighted by molar-refractivity contribution is 7.91. The molecule has 0 unspecified atom stereocenters. The van der Waals surface area contributed by atoms with Crippen molar-refractivity contribution in [3.05, 3.63) is 36.9 Å². The number of benzene rings is 1. The van der Waals surface area contributed by atoms with E-state index in [-0.39, 0.29) is 24.0 Å². The number of sulfone groups is 1. The highest BCUT2D eigenvalue weighted by Gasteiger charge is 2.13. The molecule has 0 atom stereocenters. The number of urea groups is 1. The van der Waals surface area contributed by atoms with Crippen molar-refractivity contribution in [3.63, 3.8) is 0 Å². The van der Waals surface area contributed by atoms with Gasteiger partial charge in [-0.3, -0.25) is 0 Å². The van der Waals surface area contributed by atoms with Crippen molar-refractivity contribution in [1.29, 1.82) is 0 Å². The van der Waals surface area contributed by atoms with Crippen molar-refractivity contribution in [2.45, 2.75) is 13.8 Å². The van der Waals surface area contributed by atoms with Crippen LogP contribution >= 0.6 is 0 Å². The fraction of sp³-hybridized carbons (Fsp3) is 0.375. The molecule has 0 spiro atoms. The third-order valence-corrected chi connectivity index (χ3v) is 5.12. The van der Waals surface area contributed by atoms with Gasteiger partial charge in [-0.2, -0.15) is 0 Å². The minimum Gasteiger partial charge on any atom is -0.444 e. The number of nitrogens with zero attached hydrogens (tertiary/aromatic N) is 1. The number of oxazole rings is 1. The van der Waals surface area contributed by atoms with E-state index in [0.717, 1.165) is 5.56 Å². The average molecular weight is 351 g/mol. The standard InChI is InChI=1S/C16H21N3O4S/c1-12(2)10-24(21,22)7-6-18-16(20)19-14-5-3-4-13(8-14)15-9-17-11-23-15/h3-5,8-9,11-12H,6-7,10H2,1-2H3,(H2,18,19,20). The summed E-state index contributed by atoms with van der Waals surface area (Å²) in [6.45, 7) is 3.76. The van der Waals surface area contributed by atoms with Gasteiger partial charge in [-0.25, -0.2) is 18.2 Å². The second-order valence-corrected chi connectivity index (χ2v) is 8.06. The molecule has 8 heteroatoms. The number of aromatic nitrogens is 1. The minimum atomic E-state index is -3.15. The van der Waals surface area contributed by atoms with Crippen LogP contribution in [0.5, 0.6) is 0 Å². The van der Waals surface area contributed by atoms with Crippen LogP contribution in [0.1, 0.15) is 13.8 Å². The van der Waals surface area contributed by atoms with Crippen LogP contribution < -0.4 is 10.6 Å². The Labute approximate surface area is 141 Å². The smallest absolute Gasteiger partial charge is 0.319 e. The zero-order chi connectivity index (χ0) is 17.6. The van der Waals surface area contributed by atoms with E-state index in [0.29, 0.717) is 11.4 Å². The zero-order valence-electron chi connectivity index (χ0n) is 13.7. The largest absolute Gasteiger partial charge is 0.444 e. The molecule has 1 aromatic heterocycles. The molecule has 0 saturated heterocycles. The second kappa shape index (κ2) is 7.96. The van der Waals surface area contributed by atoms with Gasteiger partial charge in [-0.15, -0.1) is 0 Å². The summed E-state index contributed by atoms with van der Waals surface area (Å²) in [5.74, 6) is 0.716. The lowest BCUT2D eigenvalue weighted by Crippen LogP contribution is -2.33. The van der Waals surface area contributed by atoms with Crippen molar-refractivity contribution in [2.75, 3.05) is 23.4 Å². The van der Waals surface area contributed by atoms with Gasteiger partial charge in [0.05, 0.1) is 17.7 Å². The number of carbonyl (C=O) groups is 1. The van der Waals surface area contributed by atoms with E-state index in [9.17, 15) is 13.2 Å². The predicted molar refractivity (Wildman–Crippen MR) is 92.5 cm³/mol. The number of hydrogen-bond acceptors (Lipinski definition) is 5. The Bertz CT molecular complexity index is 770. The molecule has 130 valence electrons. The van der Waals surface area contributed by atoms with Gasteiger partial charge < -0.3 is 15.1 Å². The highest BCUT2D eigenvalue weighted by atomic mass is 32.2. The summed E-state index contributed by atoms with van der Waals surface area (Å²) < 4.78 is 28.7. The first-order valence-electron chi connectivity index (χ1n) is 7.60. The highest BCUT2D eigenvalue weighted by Crippen LogP contribution is 2.21. The first-order valence-corrected chi connectivity index (χ1v) is 9.42. The monoisotopic (exact) mass is 351 g/mol. The average Bonchev–Trinajstić information content (AvgIpc) is 3.00. The van der Waals surface area contributed by atoms with E-state index in [2.05, 4.69) is 15.6 Å². The Balaban J connectivity index is 1.86. The lowest BCUT2D eigenvalue weighted by atomic mass is 10.1. The van der Waals surface area contributed by atoms with Gasteiger partial charge in [0, 0.05) is 17.8 Å². The molecule has 0 aliphatic carbocycles. The Hall–Kier alpha value is -2.35. The minimum absolute atomic E-state index is 0.0719. The molecule has 0 aliphatic rings. The van der Waals surface area contributed by atoms with Crippen LogP contribution in [0.15, 0.2) is 41.3 Å². The third-order valence-electron chi connectivity index (χ3n) is 3.12. The molecule has 0 bridgehead atoms. The summed E-state index contributed by atoms with van der Waals surface area (Å²) in [6.07, 6.45) is 2.92. The summed E-state index contributed by atoms with van der Waals surface area (Å²) in [6, 6.07) is 6.64. The van der Waals surface area contributed by atoms with E-state index in [1.165, 1.54) is 6.39 Å². The topological polar surface area (TPSA) is 101 Å². The Morgan fingerprint density at radius 2 is 2.12 bits per heavy atom. The number of anilines is 1. The zero-order valence-corrected chi connectivity index (χ0v) is 14.5. The van der Waals surface area contributed by atoms with Crippen molar-refractivity contribution in [3.8, 4) is 11.3 Å². The summed E-state index contributed by atoms with van der Waals surface area (Å²) >= 11 is 0. The maximum atomic E-state index is 11.9. The van der Waals surface area contributed by atoms with Gasteiger partial charge in [0.2, 0.25) is 0 Å². The van der Waals surface area contributed by atoms with Gasteiger partial charge in [-0.1, -0.05) is 26.0 Å². The second-order valence-electron chi connectivity index (χ2n) is 5.84. The molecule has 2 rings (SSSR count). The lowest BCUT2D eigenvalue weighted by Gasteiger charge is -2.10. The van der Waals surface area contributed by atoms with Gasteiger partial charge in [0.15, 0.2) is 22.0 Å². The fourth-order valence-electron chi connectivity index (χ4n) is 2.20. The van der Waals surface area contributed by atoms with Crippen molar-refractivity contribution < 1.29 is 17.6 Å². The van der Waals surface area contributed by atoms with Crippen molar-refractivity contribution in [1.82, 2.24) is 10.3 Å². The maximum absolute atomic E-state index is 11.9. The third kappa shape index (κ3) is 5.69. The van der Waals surface area contributed by atoms with Crippen LogP contribution in [0.3, 0.4) is 0 Å². The molecule has 24 heavy (non-hydrogen) atoms. The number of carbonyl (C=O) groups excluding carboxylic acids is 1. The number of hydrogen-bond donors (Lipinski definition) is 2. The molecular weight excluding hydrogens is 330 g/mol. The Morgan fingerprint density at radius 3 is 2.79 bits per heavy atom. The van der Waals surface area contributed by atoms with Crippen LogP contribution in [0.25, 0.3) is 11.3 Å². The van der Waals surface area contributed by atoms with E-state index in [1.807, 2.05) is 19.9 Å². The molecule has 0 saturated carbocycles. The number of nitrogens with one attached hydrogen (secondary N) is 2. The van der Waals surface area contributed by atoms with Crippen LogP contribution in [0.4, 0.5) is 10.5 Å². The molecular formula is C16H21N3O4S. The van der Waals surface area contributed by atoms with E-state index in [4.69, 9.17) is 4.42 Å². The summed E-state index contributed by atoms with van der Waals surface area (Å²) in [7, 11) is -3.15.